The number of nitrogens with one attached hydrogen (secondary N) is 1. The Kier molecular flexibility index (Phi) is 6.80. The minimum Gasteiger partial charge on any atom is -0.376 e. The maximum Gasteiger partial charge on any atom is 0.0818 e. The molecule has 1 N–H and O–H groups in total. The molecule has 0 aliphatic heterocycles. The highest BCUT2D eigenvalue weighted by molar-refractivity contribution is 6.42. The van der Waals surface area contributed by atoms with Crippen molar-refractivity contribution in [2.24, 2.45) is 5.41 Å². The van der Waals surface area contributed by atoms with E-state index in [1.807, 2.05) is 25.1 Å². The van der Waals surface area contributed by atoms with E-state index < -0.39 is 0 Å². The lowest BCUT2D eigenvalue weighted by Gasteiger charge is -2.37. The van der Waals surface area contributed by atoms with Crippen molar-refractivity contribution in [2.75, 3.05) is 13.2 Å². The Balaban J connectivity index is 3.23. The van der Waals surface area contributed by atoms with E-state index in [1.165, 1.54) is 0 Å². The van der Waals surface area contributed by atoms with Gasteiger partial charge in [0.2, 0.25) is 0 Å². The van der Waals surface area contributed by atoms with Crippen LogP contribution in [0, 0.1) is 5.41 Å². The summed E-state index contributed by atoms with van der Waals surface area (Å²) in [4.78, 5) is 0. The van der Waals surface area contributed by atoms with Gasteiger partial charge in [0.05, 0.1) is 22.2 Å². The Morgan fingerprint density at radius 3 is 2.35 bits per heavy atom. The Labute approximate surface area is 132 Å². The Morgan fingerprint density at radius 1 is 1.20 bits per heavy atom. The van der Waals surface area contributed by atoms with E-state index in [4.69, 9.17) is 27.9 Å². The van der Waals surface area contributed by atoms with Crippen LogP contribution in [-0.2, 0) is 4.74 Å². The van der Waals surface area contributed by atoms with E-state index in [9.17, 15) is 0 Å². The molecule has 0 saturated carbocycles. The van der Waals surface area contributed by atoms with E-state index in [2.05, 4.69) is 33.0 Å². The lowest BCUT2D eigenvalue weighted by molar-refractivity contribution is -0.0362. The average Bonchev–Trinajstić information content (AvgIpc) is 2.36. The van der Waals surface area contributed by atoms with Gasteiger partial charge in [-0.15, -0.1) is 0 Å². The molecule has 1 aromatic carbocycles. The van der Waals surface area contributed by atoms with E-state index in [0.29, 0.717) is 16.7 Å². The van der Waals surface area contributed by atoms with Crippen molar-refractivity contribution in [3.63, 3.8) is 0 Å². The molecule has 0 saturated heterocycles. The lowest BCUT2D eigenvalue weighted by atomic mass is 9.82. The topological polar surface area (TPSA) is 21.3 Å². The van der Waals surface area contributed by atoms with Gasteiger partial charge in [-0.25, -0.2) is 0 Å². The zero-order chi connectivity index (χ0) is 15.3. The number of ether oxygens (including phenoxy) is 1. The highest BCUT2D eigenvalue weighted by Crippen LogP contribution is 2.37. The van der Waals surface area contributed by atoms with Gasteiger partial charge in [0.25, 0.3) is 0 Å². The van der Waals surface area contributed by atoms with Gasteiger partial charge in [0, 0.05) is 6.61 Å². The fraction of sp³-hybridized carbons (Fsp3) is 0.625. The molecule has 0 heterocycles. The fourth-order valence-electron chi connectivity index (χ4n) is 2.39. The molecule has 4 heteroatoms. The molecule has 0 amide bonds. The summed E-state index contributed by atoms with van der Waals surface area (Å²) in [6.07, 6.45) is 0.0171. The van der Waals surface area contributed by atoms with Crippen LogP contribution in [0.5, 0.6) is 0 Å². The maximum absolute atomic E-state index is 6.39. The van der Waals surface area contributed by atoms with Crippen LogP contribution in [0.3, 0.4) is 0 Å². The lowest BCUT2D eigenvalue weighted by Crippen LogP contribution is -2.42. The zero-order valence-corrected chi connectivity index (χ0v) is 14.5. The first-order chi connectivity index (χ1) is 9.32. The van der Waals surface area contributed by atoms with Crippen molar-refractivity contribution in [1.82, 2.24) is 5.32 Å². The SMILES string of the molecule is CCNC(c1cccc(Cl)c1Cl)C(OCC)C(C)(C)C. The zero-order valence-electron chi connectivity index (χ0n) is 13.0. The quantitative estimate of drug-likeness (QED) is 0.788. The van der Waals surface area contributed by atoms with Gasteiger partial charge in [-0.2, -0.15) is 0 Å². The Hall–Kier alpha value is -0.280. The molecule has 1 aromatic rings. The van der Waals surface area contributed by atoms with E-state index in [1.54, 1.807) is 0 Å². The summed E-state index contributed by atoms with van der Waals surface area (Å²) in [6.45, 7) is 12.1. The molecule has 2 nitrogen and oxygen atoms in total. The van der Waals surface area contributed by atoms with Crippen LogP contribution >= 0.6 is 23.2 Å². The number of hydrogen-bond acceptors (Lipinski definition) is 2. The van der Waals surface area contributed by atoms with Crippen LogP contribution in [0.4, 0.5) is 0 Å². The molecule has 2 atom stereocenters. The van der Waals surface area contributed by atoms with E-state index in [0.717, 1.165) is 12.1 Å². The average molecular weight is 318 g/mol. The summed E-state index contributed by atoms with van der Waals surface area (Å²) in [5.41, 5.74) is 0.989. The molecule has 0 radical (unpaired) electrons. The predicted molar refractivity (Wildman–Crippen MR) is 87.7 cm³/mol. The van der Waals surface area contributed by atoms with Crippen LogP contribution in [-0.4, -0.2) is 19.3 Å². The minimum atomic E-state index is -0.00546. The van der Waals surface area contributed by atoms with Gasteiger partial charge < -0.3 is 10.1 Å². The molecular formula is C16H25Cl2NO. The molecule has 114 valence electrons. The van der Waals surface area contributed by atoms with Crippen molar-refractivity contribution >= 4 is 23.2 Å². The molecule has 0 spiro atoms. The second kappa shape index (κ2) is 7.65. The number of likely N-dealkylation sites (N-methyl/N-ethyl adjacent to an activating group) is 1. The van der Waals surface area contributed by atoms with Crippen LogP contribution < -0.4 is 5.32 Å². The summed E-state index contributed by atoms with van der Waals surface area (Å²) in [7, 11) is 0. The van der Waals surface area contributed by atoms with Crippen LogP contribution in [0.1, 0.15) is 46.2 Å². The largest absolute Gasteiger partial charge is 0.376 e. The van der Waals surface area contributed by atoms with Crippen molar-refractivity contribution < 1.29 is 4.74 Å². The Bertz CT molecular complexity index is 429. The van der Waals surface area contributed by atoms with Crippen molar-refractivity contribution in [3.05, 3.63) is 33.8 Å². The highest BCUT2D eigenvalue weighted by Gasteiger charge is 2.34. The van der Waals surface area contributed by atoms with Gasteiger partial charge >= 0.3 is 0 Å². The van der Waals surface area contributed by atoms with E-state index >= 15 is 0 Å². The monoisotopic (exact) mass is 317 g/mol. The van der Waals surface area contributed by atoms with Crippen LogP contribution in [0.15, 0.2) is 18.2 Å². The third kappa shape index (κ3) is 4.36. The van der Waals surface area contributed by atoms with Crippen molar-refractivity contribution in [1.29, 1.82) is 0 Å². The summed E-state index contributed by atoms with van der Waals surface area (Å²) in [5.74, 6) is 0. The number of rotatable bonds is 6. The molecule has 1 rings (SSSR count). The minimum absolute atomic E-state index is 0.00546. The third-order valence-corrected chi connectivity index (χ3v) is 4.08. The van der Waals surface area contributed by atoms with Crippen LogP contribution in [0.2, 0.25) is 10.0 Å². The highest BCUT2D eigenvalue weighted by atomic mass is 35.5. The standard InChI is InChI=1S/C16H25Cl2NO/c1-6-19-14(15(20-7-2)16(3,4)5)11-9-8-10-12(17)13(11)18/h8-10,14-15,19H,6-7H2,1-5H3. The van der Waals surface area contributed by atoms with Gasteiger partial charge in [-0.05, 0) is 30.5 Å². The number of halogens is 2. The normalized spacial score (nSPS) is 15.2. The molecular weight excluding hydrogens is 293 g/mol. The molecule has 0 aliphatic rings. The first kappa shape index (κ1) is 17.8. The fourth-order valence-corrected chi connectivity index (χ4v) is 2.81. The first-order valence-corrected chi connectivity index (χ1v) is 7.87. The van der Waals surface area contributed by atoms with Gasteiger partial charge in [0.15, 0.2) is 0 Å². The molecule has 0 bridgehead atoms. The van der Waals surface area contributed by atoms with Gasteiger partial charge in [-0.3, -0.25) is 0 Å². The molecule has 2 unspecified atom stereocenters. The molecule has 0 fully saturated rings. The molecule has 20 heavy (non-hydrogen) atoms. The second-order valence-electron chi connectivity index (χ2n) is 5.92. The van der Waals surface area contributed by atoms with Crippen molar-refractivity contribution in [2.45, 2.75) is 46.8 Å². The summed E-state index contributed by atoms with van der Waals surface area (Å²) < 4.78 is 6.01. The van der Waals surface area contributed by atoms with Crippen LogP contribution in [0.25, 0.3) is 0 Å². The Morgan fingerprint density at radius 2 is 1.85 bits per heavy atom. The molecule has 0 aromatic heterocycles. The van der Waals surface area contributed by atoms with Gasteiger partial charge in [-0.1, -0.05) is 63.0 Å². The van der Waals surface area contributed by atoms with Crippen molar-refractivity contribution in [3.8, 4) is 0 Å². The number of hydrogen-bond donors (Lipinski definition) is 1. The summed E-state index contributed by atoms with van der Waals surface area (Å²) >= 11 is 12.5. The first-order valence-electron chi connectivity index (χ1n) is 7.11. The van der Waals surface area contributed by atoms with E-state index in [-0.39, 0.29) is 17.6 Å². The summed E-state index contributed by atoms with van der Waals surface area (Å²) in [6, 6.07) is 5.77. The van der Waals surface area contributed by atoms with Gasteiger partial charge in [0.1, 0.15) is 0 Å². The summed E-state index contributed by atoms with van der Waals surface area (Å²) in [5, 5.41) is 4.68. The smallest absolute Gasteiger partial charge is 0.0818 e. The second-order valence-corrected chi connectivity index (χ2v) is 6.71. The predicted octanol–water partition coefficient (Wildman–Crippen LogP) is 5.10. The molecule has 0 aliphatic carbocycles. The third-order valence-electron chi connectivity index (χ3n) is 3.24. The number of benzene rings is 1. The maximum atomic E-state index is 6.39.